The van der Waals surface area contributed by atoms with Gasteiger partial charge in [0.25, 0.3) is 0 Å². The number of carboxylic acid groups (broad SMARTS) is 4. The number of carboxylic acids is 4. The first kappa shape index (κ1) is 78.2. The summed E-state index contributed by atoms with van der Waals surface area (Å²) in [4.78, 5) is 138. The minimum atomic E-state index is -5.32. The molecule has 0 aromatic rings. The average molecular weight is 800 g/mol. The molecule has 0 bridgehead atoms. The second kappa shape index (κ2) is 38.4. The number of nitrogens with one attached hydrogen (secondary N) is 1. The fraction of sp³-hybridized carbons (Fsp3) is 0.609. The van der Waals surface area contributed by atoms with Gasteiger partial charge >= 0.3 is 243 Å². The number of carbonyl (C=O) groups excluding carboxylic acids is 9. The zero-order valence-corrected chi connectivity index (χ0v) is 48.0. The zero-order chi connectivity index (χ0) is 33.6. The van der Waals surface area contributed by atoms with Gasteiger partial charge in [-0.2, -0.15) is 9.59 Å². The molecule has 0 radical (unpaired) electrons. The molecule has 0 aliphatic carbocycles. The van der Waals surface area contributed by atoms with Gasteiger partial charge in [-0.05, 0) is 39.0 Å². The number of Topliss-reactive ketones (excluding diaryl/α,β-unsaturated/α-hetero) is 1. The number of amides is 2. The van der Waals surface area contributed by atoms with Crippen LogP contribution in [0.4, 0.5) is 0 Å². The number of hydrogen-bond acceptors (Lipinski definition) is 16. The molecule has 4 atom stereocenters. The fourth-order valence-electron chi connectivity index (χ4n) is 4.43. The van der Waals surface area contributed by atoms with Crippen LogP contribution < -0.4 is 277 Å². The van der Waals surface area contributed by atoms with Gasteiger partial charge < -0.3 is 75.4 Å². The van der Waals surface area contributed by atoms with Gasteiger partial charge in [0, 0.05) is 43.4 Å². The number of hydrogen-bond donors (Lipinski definition) is 1. The van der Waals surface area contributed by atoms with Crippen molar-refractivity contribution in [3.8, 4) is 0 Å². The number of carbonyl (C=O) groups is 7. The van der Waals surface area contributed by atoms with E-state index in [9.17, 15) is 68.4 Å². The smallest absolute Gasteiger partial charge is 0.881 e. The number of ketones is 1. The van der Waals surface area contributed by atoms with E-state index < -0.39 is 98.4 Å². The van der Waals surface area contributed by atoms with Gasteiger partial charge in [0.05, 0.1) is 11.4 Å². The van der Waals surface area contributed by atoms with Gasteiger partial charge in [-0.3, -0.25) is 18.4 Å². The van der Waals surface area contributed by atoms with Crippen LogP contribution in [0.2, 0.25) is 6.04 Å². The molecule has 0 saturated carbocycles. The summed E-state index contributed by atoms with van der Waals surface area (Å²) in [5.74, 6) is -20.9. The van der Waals surface area contributed by atoms with Crippen LogP contribution in [0.15, 0.2) is 0 Å². The zero-order valence-electron chi connectivity index (χ0n) is 31.0. The van der Waals surface area contributed by atoms with E-state index in [0.717, 1.165) is 11.8 Å². The molecule has 27 heteroatoms. The quantitative estimate of drug-likeness (QED) is 0.0582. The van der Waals surface area contributed by atoms with E-state index in [2.05, 4.69) is 0 Å². The maximum atomic E-state index is 13.6. The van der Waals surface area contributed by atoms with Gasteiger partial charge in [0.1, 0.15) is 5.78 Å². The molecule has 0 aliphatic heterocycles. The molecular weight excluding hydrogens is 772 g/mol. The third-order valence-corrected chi connectivity index (χ3v) is 7.45. The molecule has 0 aromatic carbocycles. The van der Waals surface area contributed by atoms with E-state index in [1.54, 1.807) is 0 Å². The molecule has 0 aromatic heterocycles. The Bertz CT molecular complexity index is 1080. The Morgan fingerprint density at radius 3 is 1.40 bits per heavy atom. The van der Waals surface area contributed by atoms with Crippen molar-refractivity contribution in [3.05, 3.63) is 6.42 Å². The standard InChI is InChI=1S/C22H32N2O14Si.CO2.8Na/c1-5-21(19(32)33,18(31)23-9-8-10-39(36,37)38)15(17(29)30)14(16(28)24(6-2)7-3)22(12(4)25,20(34)35)11-13(26)27;2-1-3;;;;;;;;/h11,14-15H,5-10H2,1-4H3,(H,23,31)(H,26,27)(H,29,30)(H,32,33)(H,34,35);;;;;;;;;/q-4;;8*+1/p-4/t14?,15?,21-,22?;;;;;;;;;/m0........./s1. The van der Waals surface area contributed by atoms with Crippen LogP contribution >= 0.6 is 0 Å². The Kier molecular flexibility index (Phi) is 60.0. The van der Waals surface area contributed by atoms with Gasteiger partial charge in [0.2, 0.25) is 11.8 Å². The van der Waals surface area contributed by atoms with Crippen LogP contribution in [-0.4, -0.2) is 81.0 Å². The second-order valence-corrected chi connectivity index (χ2v) is 10.6. The first-order chi connectivity index (χ1) is 19.2. The maximum absolute atomic E-state index is 13.6. The van der Waals surface area contributed by atoms with E-state index in [0.29, 0.717) is 6.92 Å². The van der Waals surface area contributed by atoms with Gasteiger partial charge in [-0.15, -0.1) is 6.04 Å². The topological polar surface area (TPSA) is 330 Å². The molecule has 2 amide bonds. The first-order valence-electron chi connectivity index (χ1n) is 12.1. The summed E-state index contributed by atoms with van der Waals surface area (Å²) in [7, 11) is -5.32. The maximum Gasteiger partial charge on any atom is 1.00 e. The summed E-state index contributed by atoms with van der Waals surface area (Å²) in [6.45, 7) is 2.88. The first-order valence-corrected chi connectivity index (χ1v) is 14.1. The number of rotatable bonds is 18. The molecule has 18 nitrogen and oxygen atoms in total. The van der Waals surface area contributed by atoms with Crippen molar-refractivity contribution in [1.82, 2.24) is 10.2 Å². The summed E-state index contributed by atoms with van der Waals surface area (Å²) >= 11 is 0. The molecule has 0 saturated heterocycles. The predicted octanol–water partition coefficient (Wildman–Crippen LogP) is -33.8. The monoisotopic (exact) mass is 800 g/mol. The Morgan fingerprint density at radius 1 is 0.760 bits per heavy atom. The van der Waals surface area contributed by atoms with Crippen LogP contribution in [-0.2, 0) is 43.2 Å². The summed E-state index contributed by atoms with van der Waals surface area (Å²) in [6.07, 6.45) is -1.65. The summed E-state index contributed by atoms with van der Waals surface area (Å²) in [5, 5.41) is 50.7. The minimum absolute atomic E-state index is 0. The van der Waals surface area contributed by atoms with Gasteiger partial charge in [-0.1, -0.05) is 12.9 Å². The predicted molar refractivity (Wildman–Crippen MR) is 118 cm³/mol. The Morgan fingerprint density at radius 2 is 1.16 bits per heavy atom. The molecule has 0 spiro atoms. The normalized spacial score (nSPS) is 12.6. The largest absolute Gasteiger partial charge is 1.00 e. The second-order valence-electron chi connectivity index (χ2n) is 8.70. The van der Waals surface area contributed by atoms with Crippen LogP contribution in [0.1, 0.15) is 40.5 Å². The van der Waals surface area contributed by atoms with Crippen molar-refractivity contribution >= 4 is 56.4 Å². The molecule has 1 N–H and O–H groups in total. The average Bonchev–Trinajstić information content (AvgIpc) is 2.85. The Hall–Kier alpha value is 3.84. The van der Waals surface area contributed by atoms with E-state index >= 15 is 0 Å². The van der Waals surface area contributed by atoms with E-state index in [1.165, 1.54) is 13.8 Å². The van der Waals surface area contributed by atoms with Crippen LogP contribution in [0.3, 0.4) is 0 Å². The molecule has 50 heavy (non-hydrogen) atoms. The van der Waals surface area contributed by atoms with Gasteiger partial charge in [-0.25, -0.2) is 0 Å². The summed E-state index contributed by atoms with van der Waals surface area (Å²) < 4.78 is 0. The van der Waals surface area contributed by atoms with Crippen molar-refractivity contribution in [3.63, 3.8) is 0 Å². The third-order valence-electron chi connectivity index (χ3n) is 6.49. The molecule has 0 aliphatic rings. The summed E-state index contributed by atoms with van der Waals surface area (Å²) in [6, 6.07) is -0.955. The number of aliphatic carboxylic acids is 4. The minimum Gasteiger partial charge on any atom is -0.881 e. The molecule has 0 heterocycles. The molecule has 0 rings (SSSR count). The Labute approximate surface area is 467 Å². The molecular formula is C23H28N2Na8O16Si. The molecule has 238 valence electrons. The fourth-order valence-corrected chi connectivity index (χ4v) is 5.04. The molecule has 3 unspecified atom stereocenters. The van der Waals surface area contributed by atoms with Crippen LogP contribution in [0.25, 0.3) is 0 Å². The summed E-state index contributed by atoms with van der Waals surface area (Å²) in [5.41, 5.74) is -7.05. The van der Waals surface area contributed by atoms with Crippen molar-refractivity contribution < 1.29 is 314 Å². The Balaban J connectivity index is -0.000000175. The van der Waals surface area contributed by atoms with Crippen molar-refractivity contribution in [2.24, 2.45) is 22.7 Å². The third kappa shape index (κ3) is 23.3. The van der Waals surface area contributed by atoms with E-state index in [-0.39, 0.29) is 262 Å². The molecule has 0 fully saturated rings. The van der Waals surface area contributed by atoms with Crippen LogP contribution in [0.5, 0.6) is 0 Å². The van der Waals surface area contributed by atoms with E-state index in [1.807, 2.05) is 5.32 Å². The van der Waals surface area contributed by atoms with Crippen molar-refractivity contribution in [2.45, 2.75) is 46.6 Å². The number of nitrogens with zero attached hydrogens (tertiary/aromatic N) is 1. The van der Waals surface area contributed by atoms with Gasteiger partial charge in [0.15, 0.2) is 0 Å². The van der Waals surface area contributed by atoms with E-state index in [4.69, 9.17) is 9.59 Å². The van der Waals surface area contributed by atoms with Crippen molar-refractivity contribution in [2.75, 3.05) is 19.6 Å². The van der Waals surface area contributed by atoms with Crippen molar-refractivity contribution in [1.29, 1.82) is 0 Å². The SMILES string of the molecule is CCN(CC)C(=O)C(C(C(=O)[O-])[C@](CC)(C(=O)[O-])C(=O)NCCC[Si]([O-])([O-])[O-])C([CH-]C(=O)[O-])(C(C)=O)C(=O)[O-].O=C=O.[Na+].[Na+].[Na+].[Na+].[Na+].[Na+].[Na+].[Na+]. The van der Waals surface area contributed by atoms with Crippen LogP contribution in [0, 0.1) is 29.1 Å².